The molecular formula is C17H22N2O6. The van der Waals surface area contributed by atoms with Crippen LogP contribution in [0, 0.1) is 0 Å². The van der Waals surface area contributed by atoms with Gasteiger partial charge in [0.05, 0.1) is 14.2 Å². The molecule has 3 amide bonds. The lowest BCUT2D eigenvalue weighted by molar-refractivity contribution is -0.149. The third-order valence-corrected chi connectivity index (χ3v) is 3.07. The highest BCUT2D eigenvalue weighted by Crippen LogP contribution is 2.25. The number of hydrogen-bond acceptors (Lipinski definition) is 6. The molecule has 8 heteroatoms. The average molecular weight is 350 g/mol. The van der Waals surface area contributed by atoms with E-state index >= 15 is 0 Å². The van der Waals surface area contributed by atoms with E-state index < -0.39 is 24.0 Å². The molecule has 0 aromatic heterocycles. The Morgan fingerprint density at radius 1 is 1.20 bits per heavy atom. The van der Waals surface area contributed by atoms with Crippen LogP contribution in [0.25, 0.3) is 6.08 Å². The molecule has 1 rings (SSSR count). The second-order valence-corrected chi connectivity index (χ2v) is 4.87. The van der Waals surface area contributed by atoms with Crippen LogP contribution < -0.4 is 20.1 Å². The summed E-state index contributed by atoms with van der Waals surface area (Å²) < 4.78 is 15.3. The van der Waals surface area contributed by atoms with E-state index in [2.05, 4.69) is 10.6 Å². The van der Waals surface area contributed by atoms with E-state index in [0.29, 0.717) is 23.6 Å². The molecule has 8 nitrogen and oxygen atoms in total. The molecule has 0 saturated heterocycles. The van der Waals surface area contributed by atoms with Gasteiger partial charge >= 0.3 is 12.0 Å². The van der Waals surface area contributed by atoms with Crippen LogP contribution >= 0.6 is 0 Å². The maximum absolute atomic E-state index is 11.8. The average Bonchev–Trinajstić information content (AvgIpc) is 2.59. The van der Waals surface area contributed by atoms with Gasteiger partial charge in [-0.05, 0) is 38.1 Å². The van der Waals surface area contributed by atoms with Gasteiger partial charge in [0, 0.05) is 18.2 Å². The van der Waals surface area contributed by atoms with Crippen LogP contribution in [0.15, 0.2) is 24.3 Å². The van der Waals surface area contributed by atoms with Crippen LogP contribution in [0.5, 0.6) is 11.5 Å². The molecule has 1 atom stereocenters. The Morgan fingerprint density at radius 2 is 1.92 bits per heavy atom. The summed E-state index contributed by atoms with van der Waals surface area (Å²) >= 11 is 0. The number of methoxy groups -OCH3 is 2. The molecule has 1 aromatic carbocycles. The second-order valence-electron chi connectivity index (χ2n) is 4.87. The quantitative estimate of drug-likeness (QED) is 0.570. The van der Waals surface area contributed by atoms with Gasteiger partial charge in [-0.3, -0.25) is 10.1 Å². The number of esters is 1. The van der Waals surface area contributed by atoms with Crippen LogP contribution in [0.1, 0.15) is 19.4 Å². The minimum absolute atomic E-state index is 0.373. The first kappa shape index (κ1) is 20.0. The summed E-state index contributed by atoms with van der Waals surface area (Å²) in [7, 11) is 3.03. The first-order chi connectivity index (χ1) is 11.9. The Morgan fingerprint density at radius 3 is 2.52 bits per heavy atom. The van der Waals surface area contributed by atoms with Crippen molar-refractivity contribution < 1.29 is 28.6 Å². The van der Waals surface area contributed by atoms with Gasteiger partial charge in [0.2, 0.25) is 0 Å². The molecule has 0 aliphatic rings. The fourth-order valence-electron chi connectivity index (χ4n) is 1.81. The third-order valence-electron chi connectivity index (χ3n) is 3.07. The van der Waals surface area contributed by atoms with Crippen LogP contribution in [0.4, 0.5) is 4.79 Å². The first-order valence-corrected chi connectivity index (χ1v) is 7.60. The standard InChI is InChI=1S/C17H22N2O6/c1-5-18-17(22)19-16(21)11(2)25-15(20)9-6-12-10-13(23-3)7-8-14(12)24-4/h6-11H,5H2,1-4H3,(H2,18,19,21,22)/b9-6+/t11-/m0/s1. The number of imide groups is 1. The van der Waals surface area contributed by atoms with Gasteiger partial charge in [-0.15, -0.1) is 0 Å². The molecule has 0 aliphatic carbocycles. The summed E-state index contributed by atoms with van der Waals surface area (Å²) in [5, 5.41) is 4.47. The molecule has 1 aromatic rings. The summed E-state index contributed by atoms with van der Waals surface area (Å²) in [6, 6.07) is 4.47. The van der Waals surface area contributed by atoms with Gasteiger partial charge in [0.1, 0.15) is 11.5 Å². The van der Waals surface area contributed by atoms with E-state index in [1.54, 1.807) is 25.1 Å². The second kappa shape index (κ2) is 9.96. The molecule has 0 fully saturated rings. The van der Waals surface area contributed by atoms with Gasteiger partial charge in [-0.1, -0.05) is 0 Å². The number of carbonyl (C=O) groups is 3. The Hall–Kier alpha value is -3.03. The van der Waals surface area contributed by atoms with Crippen molar-refractivity contribution in [2.24, 2.45) is 0 Å². The minimum atomic E-state index is -1.12. The van der Waals surface area contributed by atoms with E-state index in [1.165, 1.54) is 27.2 Å². The molecular weight excluding hydrogens is 328 g/mol. The number of rotatable bonds is 7. The van der Waals surface area contributed by atoms with Crippen LogP contribution in [0.2, 0.25) is 0 Å². The van der Waals surface area contributed by atoms with Crippen molar-refractivity contribution in [3.8, 4) is 11.5 Å². The molecule has 136 valence electrons. The smallest absolute Gasteiger partial charge is 0.331 e. The van der Waals surface area contributed by atoms with Crippen molar-refractivity contribution >= 4 is 24.0 Å². The Labute approximate surface area is 146 Å². The molecule has 0 saturated carbocycles. The molecule has 0 unspecified atom stereocenters. The van der Waals surface area contributed by atoms with Crippen molar-refractivity contribution in [3.63, 3.8) is 0 Å². The lowest BCUT2D eigenvalue weighted by Gasteiger charge is -2.12. The highest BCUT2D eigenvalue weighted by molar-refractivity contribution is 5.98. The van der Waals surface area contributed by atoms with Crippen LogP contribution in [-0.2, 0) is 14.3 Å². The van der Waals surface area contributed by atoms with Gasteiger partial charge < -0.3 is 19.5 Å². The highest BCUT2D eigenvalue weighted by atomic mass is 16.5. The SMILES string of the molecule is CCNC(=O)NC(=O)[C@H](C)OC(=O)/C=C/c1cc(OC)ccc1OC. The number of urea groups is 1. The first-order valence-electron chi connectivity index (χ1n) is 7.60. The van der Waals surface area contributed by atoms with E-state index in [9.17, 15) is 14.4 Å². The van der Waals surface area contributed by atoms with Gasteiger partial charge in [0.25, 0.3) is 5.91 Å². The summed E-state index contributed by atoms with van der Waals surface area (Å²) in [6.07, 6.45) is 1.53. The molecule has 0 spiro atoms. The molecule has 2 N–H and O–H groups in total. The summed E-state index contributed by atoms with van der Waals surface area (Å²) in [5.74, 6) is -0.300. The van der Waals surface area contributed by atoms with Gasteiger partial charge in [-0.2, -0.15) is 0 Å². The Kier molecular flexibility index (Phi) is 7.98. The molecule has 0 heterocycles. The fourth-order valence-corrected chi connectivity index (χ4v) is 1.81. The number of amides is 3. The topological polar surface area (TPSA) is 103 Å². The summed E-state index contributed by atoms with van der Waals surface area (Å²) in [6.45, 7) is 3.45. The summed E-state index contributed by atoms with van der Waals surface area (Å²) in [5.41, 5.74) is 0.609. The molecule has 25 heavy (non-hydrogen) atoms. The largest absolute Gasteiger partial charge is 0.497 e. The van der Waals surface area contributed by atoms with Crippen molar-refractivity contribution in [2.45, 2.75) is 20.0 Å². The summed E-state index contributed by atoms with van der Waals surface area (Å²) in [4.78, 5) is 34.8. The minimum Gasteiger partial charge on any atom is -0.497 e. The van der Waals surface area contributed by atoms with Crippen molar-refractivity contribution in [2.75, 3.05) is 20.8 Å². The van der Waals surface area contributed by atoms with E-state index in [4.69, 9.17) is 14.2 Å². The van der Waals surface area contributed by atoms with Crippen molar-refractivity contribution in [1.29, 1.82) is 0 Å². The maximum atomic E-state index is 11.8. The Balaban J connectivity index is 2.68. The number of ether oxygens (including phenoxy) is 3. The molecule has 0 aliphatic heterocycles. The zero-order valence-electron chi connectivity index (χ0n) is 14.6. The third kappa shape index (κ3) is 6.54. The zero-order chi connectivity index (χ0) is 18.8. The molecule has 0 radical (unpaired) electrons. The number of hydrogen-bond donors (Lipinski definition) is 2. The zero-order valence-corrected chi connectivity index (χ0v) is 14.6. The van der Waals surface area contributed by atoms with Gasteiger partial charge in [-0.25, -0.2) is 9.59 Å². The lowest BCUT2D eigenvalue weighted by Crippen LogP contribution is -2.44. The van der Waals surface area contributed by atoms with E-state index in [-0.39, 0.29) is 0 Å². The van der Waals surface area contributed by atoms with E-state index in [0.717, 1.165) is 6.08 Å². The fraction of sp³-hybridized carbons (Fsp3) is 0.353. The molecule has 0 bridgehead atoms. The Bertz CT molecular complexity index is 657. The number of nitrogens with one attached hydrogen (secondary N) is 2. The van der Waals surface area contributed by atoms with Crippen LogP contribution in [-0.4, -0.2) is 44.8 Å². The lowest BCUT2D eigenvalue weighted by atomic mass is 10.1. The monoisotopic (exact) mass is 350 g/mol. The van der Waals surface area contributed by atoms with Crippen molar-refractivity contribution in [3.05, 3.63) is 29.8 Å². The highest BCUT2D eigenvalue weighted by Gasteiger charge is 2.18. The predicted molar refractivity (Wildman–Crippen MR) is 91.3 cm³/mol. The predicted octanol–water partition coefficient (Wildman–Crippen LogP) is 1.49. The van der Waals surface area contributed by atoms with Crippen molar-refractivity contribution in [1.82, 2.24) is 10.6 Å². The van der Waals surface area contributed by atoms with Crippen LogP contribution in [0.3, 0.4) is 0 Å². The number of benzene rings is 1. The van der Waals surface area contributed by atoms with E-state index in [1.807, 2.05) is 0 Å². The number of carbonyl (C=O) groups excluding carboxylic acids is 3. The maximum Gasteiger partial charge on any atom is 0.331 e. The normalized spacial score (nSPS) is 11.5. The van der Waals surface area contributed by atoms with Gasteiger partial charge in [0.15, 0.2) is 6.10 Å².